The lowest BCUT2D eigenvalue weighted by Gasteiger charge is -2.14. The van der Waals surface area contributed by atoms with Crippen molar-refractivity contribution >= 4 is 57.8 Å². The number of hydrazine groups is 1. The third kappa shape index (κ3) is 5.55. The van der Waals surface area contributed by atoms with E-state index in [1.165, 1.54) is 35.4 Å². The van der Waals surface area contributed by atoms with Gasteiger partial charge in [-0.05, 0) is 24.6 Å². The summed E-state index contributed by atoms with van der Waals surface area (Å²) in [5.74, 6) is -1.05. The number of nitro benzene ring substituents is 1. The number of thioether (sulfide) groups is 1. The number of carbonyl (C=O) groups is 3. The molecule has 10 nitrogen and oxygen atoms in total. The van der Waals surface area contributed by atoms with Crippen molar-refractivity contribution in [3.8, 4) is 0 Å². The van der Waals surface area contributed by atoms with Crippen molar-refractivity contribution in [3.63, 3.8) is 0 Å². The Morgan fingerprint density at radius 2 is 2.00 bits per heavy atom. The molecule has 3 rings (SSSR count). The summed E-state index contributed by atoms with van der Waals surface area (Å²) in [5.41, 5.74) is 3.81. The number of hydrogen-bond acceptors (Lipinski definition) is 8. The van der Waals surface area contributed by atoms with Crippen LogP contribution in [-0.4, -0.2) is 38.4 Å². The van der Waals surface area contributed by atoms with E-state index in [0.29, 0.717) is 21.4 Å². The smallest absolute Gasteiger partial charge is 0.282 e. The zero-order chi connectivity index (χ0) is 22.4. The SMILES string of the molecule is O=C(CCCN1C(=O)C(=Cc2ccco2)SC1=S)NNC(=O)c1ccccc1[N+](=O)[O-]. The Morgan fingerprint density at radius 3 is 2.71 bits per heavy atom. The van der Waals surface area contributed by atoms with Gasteiger partial charge in [-0.2, -0.15) is 0 Å². The number of carbonyl (C=O) groups excluding carboxylic acids is 3. The van der Waals surface area contributed by atoms with Crippen molar-refractivity contribution in [2.24, 2.45) is 0 Å². The molecule has 1 fully saturated rings. The maximum atomic E-state index is 12.5. The standard InChI is InChI=1S/C19H16N4O6S2/c24-16(20-21-17(25)13-6-1-2-7-14(13)23(27)28)8-3-9-22-18(26)15(31-19(22)30)11-12-5-4-10-29-12/h1-2,4-7,10-11H,3,8-9H2,(H,20,24)(H,21,25). The van der Waals surface area contributed by atoms with Crippen LogP contribution in [0.3, 0.4) is 0 Å². The fraction of sp³-hybridized carbons (Fsp3) is 0.158. The number of nitro groups is 1. The fourth-order valence-corrected chi connectivity index (χ4v) is 3.96. The van der Waals surface area contributed by atoms with Gasteiger partial charge in [0, 0.05) is 25.1 Å². The van der Waals surface area contributed by atoms with Crippen molar-refractivity contribution in [3.05, 3.63) is 69.0 Å². The van der Waals surface area contributed by atoms with Crippen LogP contribution in [0.5, 0.6) is 0 Å². The molecule has 0 saturated carbocycles. The fourth-order valence-electron chi connectivity index (χ4n) is 2.67. The van der Waals surface area contributed by atoms with Crippen LogP contribution in [0.15, 0.2) is 52.0 Å². The van der Waals surface area contributed by atoms with Gasteiger partial charge in [0.15, 0.2) is 0 Å². The molecular formula is C19H16N4O6S2. The molecule has 0 unspecified atom stereocenters. The van der Waals surface area contributed by atoms with Crippen molar-refractivity contribution in [1.82, 2.24) is 15.8 Å². The topological polar surface area (TPSA) is 135 Å². The second-order valence-corrected chi connectivity index (χ2v) is 7.90. The second-order valence-electron chi connectivity index (χ2n) is 6.23. The van der Waals surface area contributed by atoms with Gasteiger partial charge in [0.25, 0.3) is 17.5 Å². The van der Waals surface area contributed by atoms with E-state index in [9.17, 15) is 24.5 Å². The van der Waals surface area contributed by atoms with E-state index >= 15 is 0 Å². The Labute approximate surface area is 185 Å². The maximum Gasteiger partial charge on any atom is 0.282 e. The van der Waals surface area contributed by atoms with Gasteiger partial charge in [0.1, 0.15) is 15.6 Å². The molecule has 0 aliphatic carbocycles. The van der Waals surface area contributed by atoms with Gasteiger partial charge in [0.2, 0.25) is 5.91 Å². The molecule has 1 aliphatic heterocycles. The third-order valence-electron chi connectivity index (χ3n) is 4.14. The highest BCUT2D eigenvalue weighted by Crippen LogP contribution is 2.32. The lowest BCUT2D eigenvalue weighted by atomic mass is 10.2. The van der Waals surface area contributed by atoms with E-state index in [1.807, 2.05) is 0 Å². The van der Waals surface area contributed by atoms with Crippen molar-refractivity contribution < 1.29 is 23.7 Å². The summed E-state index contributed by atoms with van der Waals surface area (Å²) in [6, 6.07) is 8.82. The second kappa shape index (κ2) is 10.00. The van der Waals surface area contributed by atoms with Crippen molar-refractivity contribution in [1.29, 1.82) is 0 Å². The van der Waals surface area contributed by atoms with Gasteiger partial charge in [-0.15, -0.1) is 0 Å². The minimum atomic E-state index is -0.805. The zero-order valence-electron chi connectivity index (χ0n) is 15.9. The Hall–Kier alpha value is -3.51. The van der Waals surface area contributed by atoms with E-state index < -0.39 is 16.7 Å². The first kappa shape index (κ1) is 22.2. The molecule has 2 aromatic rings. The molecule has 1 aromatic carbocycles. The summed E-state index contributed by atoms with van der Waals surface area (Å²) >= 11 is 6.38. The lowest BCUT2D eigenvalue weighted by Crippen LogP contribution is -2.42. The third-order valence-corrected chi connectivity index (χ3v) is 5.51. The molecule has 0 bridgehead atoms. The van der Waals surface area contributed by atoms with Gasteiger partial charge in [-0.25, -0.2) is 0 Å². The number of nitrogens with one attached hydrogen (secondary N) is 2. The molecular weight excluding hydrogens is 444 g/mol. The Kier molecular flexibility index (Phi) is 7.15. The quantitative estimate of drug-likeness (QED) is 0.279. The Balaban J connectivity index is 1.46. The molecule has 3 amide bonds. The van der Waals surface area contributed by atoms with Crippen LogP contribution in [-0.2, 0) is 9.59 Å². The first-order chi connectivity index (χ1) is 14.9. The first-order valence-corrected chi connectivity index (χ1v) is 10.2. The molecule has 2 N–H and O–H groups in total. The monoisotopic (exact) mass is 460 g/mol. The molecule has 0 atom stereocenters. The van der Waals surface area contributed by atoms with Crippen LogP contribution in [0.4, 0.5) is 5.69 Å². The van der Waals surface area contributed by atoms with Gasteiger partial charge in [-0.3, -0.25) is 40.2 Å². The van der Waals surface area contributed by atoms with Crippen molar-refractivity contribution in [2.45, 2.75) is 12.8 Å². The number of rotatable bonds is 7. The van der Waals surface area contributed by atoms with Crippen LogP contribution >= 0.6 is 24.0 Å². The summed E-state index contributed by atoms with van der Waals surface area (Å²) in [6.45, 7) is 0.228. The van der Waals surface area contributed by atoms with E-state index in [-0.39, 0.29) is 30.1 Å². The van der Waals surface area contributed by atoms with E-state index in [2.05, 4.69) is 10.9 Å². The number of hydrogen-bond donors (Lipinski definition) is 2. The average molecular weight is 460 g/mol. The molecule has 0 radical (unpaired) electrons. The van der Waals surface area contributed by atoms with Crippen molar-refractivity contribution in [2.75, 3.05) is 6.54 Å². The number of furan rings is 1. The van der Waals surface area contributed by atoms with E-state index in [1.54, 1.807) is 18.2 Å². The van der Waals surface area contributed by atoms with Crippen LogP contribution in [0.2, 0.25) is 0 Å². The van der Waals surface area contributed by atoms with Crippen LogP contribution in [0, 0.1) is 10.1 Å². The molecule has 1 saturated heterocycles. The highest BCUT2D eigenvalue weighted by molar-refractivity contribution is 8.26. The first-order valence-electron chi connectivity index (χ1n) is 8.98. The summed E-state index contributed by atoms with van der Waals surface area (Å²) < 4.78 is 5.58. The summed E-state index contributed by atoms with van der Waals surface area (Å²) in [7, 11) is 0. The van der Waals surface area contributed by atoms with Crippen LogP contribution in [0.25, 0.3) is 6.08 Å². The van der Waals surface area contributed by atoms with Gasteiger partial charge in [-0.1, -0.05) is 36.1 Å². The van der Waals surface area contributed by atoms with E-state index in [4.69, 9.17) is 16.6 Å². The molecule has 2 heterocycles. The predicted octanol–water partition coefficient (Wildman–Crippen LogP) is 2.63. The number of nitrogens with zero attached hydrogens (tertiary/aromatic N) is 2. The highest BCUT2D eigenvalue weighted by Gasteiger charge is 2.31. The summed E-state index contributed by atoms with van der Waals surface area (Å²) in [5, 5.41) is 11.0. The van der Waals surface area contributed by atoms with E-state index in [0.717, 1.165) is 11.8 Å². The van der Waals surface area contributed by atoms with Gasteiger partial charge < -0.3 is 4.42 Å². The van der Waals surface area contributed by atoms with Crippen LogP contribution in [0.1, 0.15) is 29.0 Å². The van der Waals surface area contributed by atoms with Gasteiger partial charge >= 0.3 is 0 Å². The average Bonchev–Trinajstić information content (AvgIpc) is 3.35. The predicted molar refractivity (Wildman–Crippen MR) is 117 cm³/mol. The Morgan fingerprint density at radius 1 is 1.23 bits per heavy atom. The lowest BCUT2D eigenvalue weighted by molar-refractivity contribution is -0.385. The zero-order valence-corrected chi connectivity index (χ0v) is 17.5. The van der Waals surface area contributed by atoms with Crippen LogP contribution < -0.4 is 10.9 Å². The number of benzene rings is 1. The summed E-state index contributed by atoms with van der Waals surface area (Å²) in [6.07, 6.45) is 3.41. The summed E-state index contributed by atoms with van der Waals surface area (Å²) in [4.78, 5) is 48.7. The molecule has 0 spiro atoms. The maximum absolute atomic E-state index is 12.5. The molecule has 1 aliphatic rings. The minimum Gasteiger partial charge on any atom is -0.465 e. The van der Waals surface area contributed by atoms with Gasteiger partial charge in [0.05, 0.1) is 16.1 Å². The molecule has 1 aromatic heterocycles. The number of para-hydroxylation sites is 1. The largest absolute Gasteiger partial charge is 0.465 e. The Bertz CT molecular complexity index is 1070. The number of thiocarbonyl (C=S) groups is 1. The minimum absolute atomic E-state index is 0.00541. The molecule has 12 heteroatoms. The number of amides is 3. The normalized spacial score (nSPS) is 14.7. The molecule has 160 valence electrons. The highest BCUT2D eigenvalue weighted by atomic mass is 32.2. The molecule has 31 heavy (non-hydrogen) atoms.